The second kappa shape index (κ2) is 5.80. The van der Waals surface area contributed by atoms with Crippen LogP contribution >= 0.6 is 0 Å². The van der Waals surface area contributed by atoms with Gasteiger partial charge in [-0.1, -0.05) is 44.2 Å². The Hall–Kier alpha value is -1.96. The summed E-state index contributed by atoms with van der Waals surface area (Å²) in [6, 6.07) is 15.2. The van der Waals surface area contributed by atoms with Crippen molar-refractivity contribution in [2.24, 2.45) is 0 Å². The van der Waals surface area contributed by atoms with Crippen LogP contribution in [0.2, 0.25) is 0 Å². The quantitative estimate of drug-likeness (QED) is 0.892. The third-order valence-corrected chi connectivity index (χ3v) is 4.06. The molecule has 2 aromatic rings. The standard InChI is InChI=1S/C19H23NO/c1-13(2)16-7-5-15(6-8-16)11-17-12-20-18-10-14(3)4-9-19(18)21-17/h4-10,13,17,20H,11-12H2,1-3H3. The lowest BCUT2D eigenvalue weighted by Crippen LogP contribution is -2.32. The van der Waals surface area contributed by atoms with Crippen LogP contribution < -0.4 is 10.1 Å². The maximum atomic E-state index is 6.11. The number of anilines is 1. The summed E-state index contributed by atoms with van der Waals surface area (Å²) in [7, 11) is 0. The Bertz CT molecular complexity index is 616. The predicted octanol–water partition coefficient (Wildman–Crippen LogP) is 4.53. The largest absolute Gasteiger partial charge is 0.486 e. The first-order valence-electron chi connectivity index (χ1n) is 7.72. The van der Waals surface area contributed by atoms with Crippen molar-refractivity contribution >= 4 is 5.69 Å². The fourth-order valence-electron chi connectivity index (χ4n) is 2.75. The molecular weight excluding hydrogens is 258 g/mol. The van der Waals surface area contributed by atoms with Crippen molar-refractivity contribution < 1.29 is 4.74 Å². The van der Waals surface area contributed by atoms with Gasteiger partial charge in [-0.15, -0.1) is 0 Å². The number of rotatable bonds is 3. The van der Waals surface area contributed by atoms with E-state index in [-0.39, 0.29) is 6.10 Å². The molecule has 1 aliphatic rings. The van der Waals surface area contributed by atoms with Crippen LogP contribution in [0.15, 0.2) is 42.5 Å². The number of ether oxygens (including phenoxy) is 1. The van der Waals surface area contributed by atoms with E-state index in [1.165, 1.54) is 16.7 Å². The van der Waals surface area contributed by atoms with Gasteiger partial charge in [-0.3, -0.25) is 0 Å². The highest BCUT2D eigenvalue weighted by molar-refractivity contribution is 5.59. The van der Waals surface area contributed by atoms with Gasteiger partial charge in [0.2, 0.25) is 0 Å². The van der Waals surface area contributed by atoms with Crippen LogP contribution in [-0.4, -0.2) is 12.6 Å². The molecule has 0 fully saturated rings. The van der Waals surface area contributed by atoms with Crippen LogP contribution in [0.25, 0.3) is 0 Å². The summed E-state index contributed by atoms with van der Waals surface area (Å²) in [5.74, 6) is 1.55. The van der Waals surface area contributed by atoms with Crippen molar-refractivity contribution in [1.82, 2.24) is 0 Å². The van der Waals surface area contributed by atoms with Gasteiger partial charge in [-0.05, 0) is 41.7 Å². The van der Waals surface area contributed by atoms with Gasteiger partial charge in [0, 0.05) is 6.42 Å². The second-order valence-corrected chi connectivity index (χ2v) is 6.22. The lowest BCUT2D eigenvalue weighted by Gasteiger charge is -2.27. The molecule has 2 nitrogen and oxygen atoms in total. The Kier molecular flexibility index (Phi) is 3.87. The molecule has 0 aliphatic carbocycles. The molecule has 1 N–H and O–H groups in total. The smallest absolute Gasteiger partial charge is 0.142 e. The predicted molar refractivity (Wildman–Crippen MR) is 88.3 cm³/mol. The molecule has 1 heterocycles. The van der Waals surface area contributed by atoms with E-state index < -0.39 is 0 Å². The number of fused-ring (bicyclic) bond motifs is 1. The summed E-state index contributed by atoms with van der Waals surface area (Å²) >= 11 is 0. The van der Waals surface area contributed by atoms with Crippen LogP contribution in [0, 0.1) is 6.92 Å². The van der Waals surface area contributed by atoms with Gasteiger partial charge < -0.3 is 10.1 Å². The van der Waals surface area contributed by atoms with Crippen LogP contribution in [0.3, 0.4) is 0 Å². The van der Waals surface area contributed by atoms with Gasteiger partial charge in [0.25, 0.3) is 0 Å². The van der Waals surface area contributed by atoms with Crippen molar-refractivity contribution in [2.45, 2.75) is 39.2 Å². The summed E-state index contributed by atoms with van der Waals surface area (Å²) in [4.78, 5) is 0. The average Bonchev–Trinajstić information content (AvgIpc) is 2.48. The fourth-order valence-corrected chi connectivity index (χ4v) is 2.75. The molecule has 0 radical (unpaired) electrons. The number of aryl methyl sites for hydroxylation is 1. The number of nitrogens with one attached hydrogen (secondary N) is 1. The molecule has 21 heavy (non-hydrogen) atoms. The molecule has 2 aromatic carbocycles. The number of benzene rings is 2. The minimum absolute atomic E-state index is 0.199. The Labute approximate surface area is 127 Å². The monoisotopic (exact) mass is 281 g/mol. The molecule has 1 atom stereocenters. The van der Waals surface area contributed by atoms with E-state index in [1.54, 1.807) is 0 Å². The van der Waals surface area contributed by atoms with Crippen LogP contribution in [-0.2, 0) is 6.42 Å². The zero-order valence-electron chi connectivity index (χ0n) is 13.0. The zero-order chi connectivity index (χ0) is 14.8. The topological polar surface area (TPSA) is 21.3 Å². The van der Waals surface area contributed by atoms with Crippen molar-refractivity contribution in [3.63, 3.8) is 0 Å². The highest BCUT2D eigenvalue weighted by atomic mass is 16.5. The Morgan fingerprint density at radius 3 is 2.62 bits per heavy atom. The summed E-state index contributed by atoms with van der Waals surface area (Å²) in [6.07, 6.45) is 1.14. The molecule has 1 unspecified atom stereocenters. The molecule has 0 aromatic heterocycles. The fraction of sp³-hybridized carbons (Fsp3) is 0.368. The van der Waals surface area contributed by atoms with Crippen LogP contribution in [0.1, 0.15) is 36.5 Å². The molecule has 110 valence electrons. The summed E-state index contributed by atoms with van der Waals surface area (Å²) < 4.78 is 6.11. The maximum Gasteiger partial charge on any atom is 0.142 e. The first kappa shape index (κ1) is 14.0. The molecule has 0 spiro atoms. The molecule has 0 amide bonds. The molecule has 0 saturated carbocycles. The summed E-state index contributed by atoms with van der Waals surface area (Å²) in [6.45, 7) is 7.41. The maximum absolute atomic E-state index is 6.11. The van der Waals surface area contributed by atoms with Gasteiger partial charge >= 0.3 is 0 Å². The van der Waals surface area contributed by atoms with Crippen molar-refractivity contribution in [3.8, 4) is 5.75 Å². The zero-order valence-corrected chi connectivity index (χ0v) is 13.0. The molecule has 3 rings (SSSR count). The lowest BCUT2D eigenvalue weighted by atomic mass is 9.99. The molecule has 0 bridgehead atoms. The van der Waals surface area contributed by atoms with Crippen LogP contribution in [0.4, 0.5) is 5.69 Å². The lowest BCUT2D eigenvalue weighted by molar-refractivity contribution is 0.206. The minimum atomic E-state index is 0.199. The third kappa shape index (κ3) is 3.21. The molecule has 2 heteroatoms. The normalized spacial score (nSPS) is 17.0. The van der Waals surface area contributed by atoms with E-state index in [1.807, 2.05) is 0 Å². The van der Waals surface area contributed by atoms with E-state index >= 15 is 0 Å². The molecule has 1 aliphatic heterocycles. The number of hydrogen-bond donors (Lipinski definition) is 1. The highest BCUT2D eigenvalue weighted by Gasteiger charge is 2.19. The third-order valence-electron chi connectivity index (χ3n) is 4.06. The molecular formula is C19H23NO. The summed E-state index contributed by atoms with van der Waals surface area (Å²) in [5.41, 5.74) is 5.10. The Morgan fingerprint density at radius 1 is 1.14 bits per heavy atom. The van der Waals surface area contributed by atoms with Crippen molar-refractivity contribution in [1.29, 1.82) is 0 Å². The van der Waals surface area contributed by atoms with E-state index in [9.17, 15) is 0 Å². The minimum Gasteiger partial charge on any atom is -0.486 e. The summed E-state index contributed by atoms with van der Waals surface area (Å²) in [5, 5.41) is 3.48. The highest BCUT2D eigenvalue weighted by Crippen LogP contribution is 2.30. The first-order valence-corrected chi connectivity index (χ1v) is 7.72. The Morgan fingerprint density at radius 2 is 1.90 bits per heavy atom. The van der Waals surface area contributed by atoms with E-state index in [0.29, 0.717) is 5.92 Å². The number of hydrogen-bond acceptors (Lipinski definition) is 2. The Balaban J connectivity index is 1.68. The average molecular weight is 281 g/mol. The van der Waals surface area contributed by atoms with Gasteiger partial charge in [0.05, 0.1) is 12.2 Å². The van der Waals surface area contributed by atoms with Crippen molar-refractivity contribution in [2.75, 3.05) is 11.9 Å². The SMILES string of the molecule is Cc1ccc2c(c1)NCC(Cc1ccc(C(C)C)cc1)O2. The van der Waals surface area contributed by atoms with Crippen molar-refractivity contribution in [3.05, 3.63) is 59.2 Å². The van der Waals surface area contributed by atoms with Crippen LogP contribution in [0.5, 0.6) is 5.75 Å². The van der Waals surface area contributed by atoms with E-state index in [0.717, 1.165) is 24.4 Å². The first-order chi connectivity index (χ1) is 10.1. The van der Waals surface area contributed by atoms with Gasteiger partial charge in [-0.25, -0.2) is 0 Å². The van der Waals surface area contributed by atoms with Gasteiger partial charge in [-0.2, -0.15) is 0 Å². The van der Waals surface area contributed by atoms with Gasteiger partial charge in [0.1, 0.15) is 11.9 Å². The second-order valence-electron chi connectivity index (χ2n) is 6.22. The van der Waals surface area contributed by atoms with Gasteiger partial charge in [0.15, 0.2) is 0 Å². The van der Waals surface area contributed by atoms with E-state index in [4.69, 9.17) is 4.74 Å². The van der Waals surface area contributed by atoms with E-state index in [2.05, 4.69) is 68.6 Å². The molecule has 0 saturated heterocycles.